The van der Waals surface area contributed by atoms with Crippen molar-refractivity contribution in [3.63, 3.8) is 0 Å². The molecule has 1 aromatic heterocycles. The summed E-state index contributed by atoms with van der Waals surface area (Å²) in [6.07, 6.45) is -3.55. The van der Waals surface area contributed by atoms with Crippen LogP contribution in [0.2, 0.25) is 0 Å². The zero-order valence-corrected chi connectivity index (χ0v) is 9.48. The number of nitrogen functional groups attached to an aromatic ring is 2. The van der Waals surface area contributed by atoms with E-state index in [0.29, 0.717) is 0 Å². The second kappa shape index (κ2) is 4.63. The Labute approximate surface area is 106 Å². The molecule has 8 heteroatoms. The monoisotopic (exact) mass is 270 g/mol. The first-order valence-corrected chi connectivity index (χ1v) is 5.10. The Balaban J connectivity index is 2.50. The van der Waals surface area contributed by atoms with Crippen LogP contribution < -0.4 is 16.2 Å². The fourth-order valence-corrected chi connectivity index (χ4v) is 1.52. The van der Waals surface area contributed by atoms with E-state index in [2.05, 4.69) is 14.7 Å². The summed E-state index contributed by atoms with van der Waals surface area (Å²) < 4.78 is 40.8. The summed E-state index contributed by atoms with van der Waals surface area (Å²) in [6, 6.07) is 5.57. The quantitative estimate of drug-likeness (QED) is 0.873. The van der Waals surface area contributed by atoms with E-state index in [1.807, 2.05) is 0 Å². The van der Waals surface area contributed by atoms with Crippen molar-refractivity contribution in [2.24, 2.45) is 0 Å². The predicted molar refractivity (Wildman–Crippen MR) is 63.0 cm³/mol. The Morgan fingerprint density at radius 1 is 1.05 bits per heavy atom. The molecule has 19 heavy (non-hydrogen) atoms. The van der Waals surface area contributed by atoms with Crippen LogP contribution in [-0.4, -0.2) is 16.3 Å². The molecule has 0 unspecified atom stereocenters. The van der Waals surface area contributed by atoms with E-state index in [9.17, 15) is 13.2 Å². The van der Waals surface area contributed by atoms with Crippen molar-refractivity contribution in [1.82, 2.24) is 9.97 Å². The topological polar surface area (TPSA) is 87.0 Å². The molecular formula is C11H9F3N4O. The third kappa shape index (κ3) is 3.03. The van der Waals surface area contributed by atoms with Crippen molar-refractivity contribution in [2.75, 3.05) is 11.5 Å². The number of para-hydroxylation sites is 1. The number of hydrogen-bond acceptors (Lipinski definition) is 5. The van der Waals surface area contributed by atoms with Gasteiger partial charge in [-0.15, -0.1) is 13.2 Å². The molecule has 5 nitrogen and oxygen atoms in total. The Bertz CT molecular complexity index is 601. The maximum atomic E-state index is 12.3. The van der Waals surface area contributed by atoms with E-state index in [0.717, 1.165) is 0 Å². The van der Waals surface area contributed by atoms with E-state index >= 15 is 0 Å². The lowest BCUT2D eigenvalue weighted by atomic mass is 10.1. The summed E-state index contributed by atoms with van der Waals surface area (Å²) in [5.41, 5.74) is 11.3. The Morgan fingerprint density at radius 3 is 2.37 bits per heavy atom. The van der Waals surface area contributed by atoms with Crippen LogP contribution in [0.1, 0.15) is 0 Å². The number of anilines is 2. The fourth-order valence-electron chi connectivity index (χ4n) is 1.52. The van der Waals surface area contributed by atoms with Gasteiger partial charge < -0.3 is 16.2 Å². The standard InChI is InChI=1S/C11H9F3N4O/c12-11(13,14)19-8-4-2-1-3-6(8)7-5-17-10(16)18-9(7)15/h1-5H,(H4,15,16,17,18). The van der Waals surface area contributed by atoms with Crippen molar-refractivity contribution in [3.05, 3.63) is 30.5 Å². The van der Waals surface area contributed by atoms with Crippen LogP contribution in [0.4, 0.5) is 24.9 Å². The summed E-state index contributed by atoms with van der Waals surface area (Å²) in [6.45, 7) is 0. The molecule has 0 aliphatic carbocycles. The first-order chi connectivity index (χ1) is 8.87. The van der Waals surface area contributed by atoms with Gasteiger partial charge in [-0.2, -0.15) is 4.98 Å². The first-order valence-electron chi connectivity index (χ1n) is 5.10. The molecule has 0 atom stereocenters. The number of aromatic nitrogens is 2. The third-order valence-electron chi connectivity index (χ3n) is 2.24. The molecule has 0 amide bonds. The van der Waals surface area contributed by atoms with Gasteiger partial charge in [-0.3, -0.25) is 0 Å². The van der Waals surface area contributed by atoms with E-state index in [1.165, 1.54) is 24.4 Å². The number of hydrogen-bond donors (Lipinski definition) is 2. The molecule has 0 aliphatic heterocycles. The van der Waals surface area contributed by atoms with E-state index in [1.54, 1.807) is 6.07 Å². The van der Waals surface area contributed by atoms with Crippen LogP contribution in [0.3, 0.4) is 0 Å². The lowest BCUT2D eigenvalue weighted by molar-refractivity contribution is -0.274. The maximum absolute atomic E-state index is 12.3. The zero-order valence-electron chi connectivity index (χ0n) is 9.48. The fraction of sp³-hybridized carbons (Fsp3) is 0.0909. The highest BCUT2D eigenvalue weighted by molar-refractivity contribution is 5.78. The molecular weight excluding hydrogens is 261 g/mol. The maximum Gasteiger partial charge on any atom is 0.573 e. The smallest absolute Gasteiger partial charge is 0.405 e. The Hall–Kier alpha value is -2.51. The molecule has 2 aromatic rings. The van der Waals surface area contributed by atoms with Gasteiger partial charge in [0.1, 0.15) is 11.6 Å². The van der Waals surface area contributed by atoms with Crippen LogP contribution in [-0.2, 0) is 0 Å². The molecule has 0 fully saturated rings. The van der Waals surface area contributed by atoms with E-state index < -0.39 is 6.36 Å². The largest absolute Gasteiger partial charge is 0.573 e. The molecule has 0 radical (unpaired) electrons. The molecule has 4 N–H and O–H groups in total. The summed E-state index contributed by atoms with van der Waals surface area (Å²) in [7, 11) is 0. The molecule has 1 heterocycles. The molecule has 0 aliphatic rings. The highest BCUT2D eigenvalue weighted by Crippen LogP contribution is 2.35. The van der Waals surface area contributed by atoms with Gasteiger partial charge >= 0.3 is 6.36 Å². The molecule has 0 saturated carbocycles. The number of nitrogens with zero attached hydrogens (tertiary/aromatic N) is 2. The van der Waals surface area contributed by atoms with Gasteiger partial charge in [-0.05, 0) is 6.07 Å². The lowest BCUT2D eigenvalue weighted by Gasteiger charge is -2.13. The third-order valence-corrected chi connectivity index (χ3v) is 2.24. The minimum atomic E-state index is -4.79. The number of benzene rings is 1. The van der Waals surface area contributed by atoms with Crippen molar-refractivity contribution in [3.8, 4) is 16.9 Å². The van der Waals surface area contributed by atoms with Crippen molar-refractivity contribution < 1.29 is 17.9 Å². The van der Waals surface area contributed by atoms with Crippen molar-refractivity contribution >= 4 is 11.8 Å². The van der Waals surface area contributed by atoms with Crippen LogP contribution in [0.15, 0.2) is 30.5 Å². The highest BCUT2D eigenvalue weighted by atomic mass is 19.4. The number of nitrogens with two attached hydrogens (primary N) is 2. The van der Waals surface area contributed by atoms with Gasteiger partial charge in [0, 0.05) is 17.3 Å². The molecule has 100 valence electrons. The van der Waals surface area contributed by atoms with Gasteiger partial charge in [0.25, 0.3) is 0 Å². The number of rotatable bonds is 2. The summed E-state index contributed by atoms with van der Waals surface area (Å²) in [4.78, 5) is 7.40. The SMILES string of the molecule is Nc1ncc(-c2ccccc2OC(F)(F)F)c(N)n1. The van der Waals surface area contributed by atoms with Crippen LogP contribution >= 0.6 is 0 Å². The van der Waals surface area contributed by atoms with Crippen LogP contribution in [0.25, 0.3) is 11.1 Å². The highest BCUT2D eigenvalue weighted by Gasteiger charge is 2.32. The van der Waals surface area contributed by atoms with Crippen LogP contribution in [0.5, 0.6) is 5.75 Å². The molecule has 0 bridgehead atoms. The van der Waals surface area contributed by atoms with Gasteiger partial charge in [-0.25, -0.2) is 4.98 Å². The van der Waals surface area contributed by atoms with Gasteiger partial charge in [0.05, 0.1) is 0 Å². The molecule has 1 aromatic carbocycles. The summed E-state index contributed by atoms with van der Waals surface area (Å²) >= 11 is 0. The zero-order chi connectivity index (χ0) is 14.0. The average molecular weight is 270 g/mol. The van der Waals surface area contributed by atoms with E-state index in [4.69, 9.17) is 11.5 Å². The molecule has 0 saturated heterocycles. The second-order valence-electron chi connectivity index (χ2n) is 3.57. The number of alkyl halides is 3. The van der Waals surface area contributed by atoms with Crippen molar-refractivity contribution in [1.29, 1.82) is 0 Å². The van der Waals surface area contributed by atoms with E-state index in [-0.39, 0.29) is 28.6 Å². The molecule has 0 spiro atoms. The summed E-state index contributed by atoms with van der Waals surface area (Å²) in [5, 5.41) is 0. The predicted octanol–water partition coefficient (Wildman–Crippen LogP) is 2.21. The molecule has 2 rings (SSSR count). The van der Waals surface area contributed by atoms with Gasteiger partial charge in [0.15, 0.2) is 0 Å². The normalized spacial score (nSPS) is 11.3. The Kier molecular flexibility index (Phi) is 3.16. The average Bonchev–Trinajstić information content (AvgIpc) is 2.28. The van der Waals surface area contributed by atoms with Crippen LogP contribution in [0, 0.1) is 0 Å². The first kappa shape index (κ1) is 12.9. The second-order valence-corrected chi connectivity index (χ2v) is 3.57. The lowest BCUT2D eigenvalue weighted by Crippen LogP contribution is -2.17. The minimum absolute atomic E-state index is 0.0225. The number of ether oxygens (including phenoxy) is 1. The number of halogens is 3. The van der Waals surface area contributed by atoms with Gasteiger partial charge in [0.2, 0.25) is 5.95 Å². The minimum Gasteiger partial charge on any atom is -0.405 e. The van der Waals surface area contributed by atoms with Crippen molar-refractivity contribution in [2.45, 2.75) is 6.36 Å². The summed E-state index contributed by atoms with van der Waals surface area (Å²) in [5.74, 6) is -0.462. The van der Waals surface area contributed by atoms with Gasteiger partial charge in [-0.1, -0.05) is 18.2 Å². The Morgan fingerprint density at radius 2 is 1.74 bits per heavy atom.